The Balaban J connectivity index is 1.30. The van der Waals surface area contributed by atoms with Crippen molar-refractivity contribution in [2.75, 3.05) is 41.7 Å². The molecule has 0 aromatic heterocycles. The van der Waals surface area contributed by atoms with Crippen LogP contribution in [-0.2, 0) is 0 Å². The van der Waals surface area contributed by atoms with E-state index in [4.69, 9.17) is 0 Å². The minimum absolute atomic E-state index is 0.225. The highest BCUT2D eigenvalue weighted by atomic mass is 16.2. The number of carbonyl (C=O) groups excluding carboxylic acids is 1. The Bertz CT molecular complexity index is 704. The molecule has 2 fully saturated rings. The first-order valence-corrected chi connectivity index (χ1v) is 9.00. The fourth-order valence-electron chi connectivity index (χ4n) is 3.36. The smallest absolute Gasteiger partial charge is 0.323 e. The molecule has 0 unspecified atom stereocenters. The molecule has 0 spiro atoms. The second kappa shape index (κ2) is 7.15. The summed E-state index contributed by atoms with van der Waals surface area (Å²) < 4.78 is 0. The Hall–Kier alpha value is -2.53. The summed E-state index contributed by atoms with van der Waals surface area (Å²) in [7, 11) is 0. The van der Waals surface area contributed by atoms with Gasteiger partial charge in [0.1, 0.15) is 0 Å². The van der Waals surface area contributed by atoms with E-state index in [1.807, 2.05) is 42.5 Å². The van der Waals surface area contributed by atoms with Crippen molar-refractivity contribution >= 4 is 23.1 Å². The second-order valence-corrected chi connectivity index (χ2v) is 6.75. The molecule has 4 rings (SSSR count). The van der Waals surface area contributed by atoms with Crippen LogP contribution in [0, 0.1) is 0 Å². The molecule has 130 valence electrons. The Kier molecular flexibility index (Phi) is 4.57. The van der Waals surface area contributed by atoms with Crippen LogP contribution in [0.5, 0.6) is 0 Å². The Morgan fingerprint density at radius 3 is 2.00 bits per heavy atom. The van der Waals surface area contributed by atoms with Gasteiger partial charge in [0.25, 0.3) is 0 Å². The van der Waals surface area contributed by atoms with Crippen LogP contribution in [0.3, 0.4) is 0 Å². The Labute approximate surface area is 148 Å². The maximum atomic E-state index is 12.0. The molecule has 1 saturated carbocycles. The normalized spacial score (nSPS) is 18.0. The SMILES string of the molecule is O=C(Nc1ccccc1)Nc1ccc(N2CCN(C3CC3)CC2)cc1. The van der Waals surface area contributed by atoms with Crippen molar-refractivity contribution in [3.8, 4) is 0 Å². The first kappa shape index (κ1) is 16.0. The number of benzene rings is 2. The van der Waals surface area contributed by atoms with Crippen LogP contribution in [0.15, 0.2) is 54.6 Å². The number of urea groups is 1. The quantitative estimate of drug-likeness (QED) is 0.896. The summed E-state index contributed by atoms with van der Waals surface area (Å²) >= 11 is 0. The van der Waals surface area contributed by atoms with Crippen LogP contribution in [0.2, 0.25) is 0 Å². The molecule has 2 aliphatic rings. The first-order valence-electron chi connectivity index (χ1n) is 9.00. The van der Waals surface area contributed by atoms with Crippen molar-refractivity contribution < 1.29 is 4.79 Å². The lowest BCUT2D eigenvalue weighted by Crippen LogP contribution is -2.47. The molecule has 2 aromatic carbocycles. The van der Waals surface area contributed by atoms with Crippen molar-refractivity contribution in [3.63, 3.8) is 0 Å². The van der Waals surface area contributed by atoms with Crippen LogP contribution < -0.4 is 15.5 Å². The van der Waals surface area contributed by atoms with Gasteiger partial charge in [0.2, 0.25) is 0 Å². The zero-order valence-electron chi connectivity index (χ0n) is 14.3. The van der Waals surface area contributed by atoms with Crippen molar-refractivity contribution in [1.82, 2.24) is 4.90 Å². The molecule has 1 aliphatic heterocycles. The van der Waals surface area contributed by atoms with Crippen LogP contribution in [0.4, 0.5) is 21.9 Å². The van der Waals surface area contributed by atoms with Crippen LogP contribution in [0.25, 0.3) is 0 Å². The fraction of sp³-hybridized carbons (Fsp3) is 0.350. The molecule has 5 heteroatoms. The molecule has 2 aromatic rings. The van der Waals surface area contributed by atoms with E-state index in [1.165, 1.54) is 18.5 Å². The third-order valence-corrected chi connectivity index (χ3v) is 4.90. The molecular formula is C20H24N4O. The van der Waals surface area contributed by atoms with Gasteiger partial charge in [-0.15, -0.1) is 0 Å². The summed E-state index contributed by atoms with van der Waals surface area (Å²) in [5, 5.41) is 5.70. The molecule has 25 heavy (non-hydrogen) atoms. The summed E-state index contributed by atoms with van der Waals surface area (Å²) in [5.41, 5.74) is 2.81. The number of para-hydroxylation sites is 1. The largest absolute Gasteiger partial charge is 0.369 e. The molecule has 2 N–H and O–H groups in total. The van der Waals surface area contributed by atoms with Gasteiger partial charge < -0.3 is 15.5 Å². The number of piperazine rings is 1. The van der Waals surface area contributed by atoms with Gasteiger partial charge in [-0.2, -0.15) is 0 Å². The number of hydrogen-bond donors (Lipinski definition) is 2. The monoisotopic (exact) mass is 336 g/mol. The average Bonchev–Trinajstić information content (AvgIpc) is 3.48. The van der Waals surface area contributed by atoms with Crippen molar-refractivity contribution in [1.29, 1.82) is 0 Å². The standard InChI is InChI=1S/C20H24N4O/c25-20(21-16-4-2-1-3-5-16)22-17-6-8-18(9-7-17)23-12-14-24(15-13-23)19-10-11-19/h1-9,19H,10-15H2,(H2,21,22,25). The number of amides is 2. The number of nitrogens with zero attached hydrogens (tertiary/aromatic N) is 2. The number of nitrogens with one attached hydrogen (secondary N) is 2. The predicted molar refractivity (Wildman–Crippen MR) is 102 cm³/mol. The van der Waals surface area contributed by atoms with Gasteiger partial charge in [0.05, 0.1) is 0 Å². The lowest BCUT2D eigenvalue weighted by atomic mass is 10.2. The molecule has 0 atom stereocenters. The number of anilines is 3. The third-order valence-electron chi connectivity index (χ3n) is 4.90. The zero-order valence-corrected chi connectivity index (χ0v) is 14.3. The molecule has 2 amide bonds. The fourth-order valence-corrected chi connectivity index (χ4v) is 3.36. The topological polar surface area (TPSA) is 47.6 Å². The second-order valence-electron chi connectivity index (χ2n) is 6.75. The van der Waals surface area contributed by atoms with E-state index in [-0.39, 0.29) is 6.03 Å². The summed E-state index contributed by atoms with van der Waals surface area (Å²) in [6.45, 7) is 4.48. The summed E-state index contributed by atoms with van der Waals surface area (Å²) in [5.74, 6) is 0. The van der Waals surface area contributed by atoms with E-state index in [0.717, 1.165) is 43.6 Å². The van der Waals surface area contributed by atoms with E-state index in [2.05, 4.69) is 32.6 Å². The predicted octanol–water partition coefficient (Wildman–Crippen LogP) is 3.62. The van der Waals surface area contributed by atoms with Gasteiger partial charge >= 0.3 is 6.03 Å². The molecule has 1 saturated heterocycles. The highest BCUT2D eigenvalue weighted by Gasteiger charge is 2.31. The van der Waals surface area contributed by atoms with Gasteiger partial charge in [-0.05, 0) is 49.2 Å². The highest BCUT2D eigenvalue weighted by Crippen LogP contribution is 2.28. The van der Waals surface area contributed by atoms with Gasteiger partial charge in [0, 0.05) is 49.3 Å². The molecular weight excluding hydrogens is 312 g/mol. The molecule has 5 nitrogen and oxygen atoms in total. The third kappa shape index (κ3) is 4.12. The van der Waals surface area contributed by atoms with Gasteiger partial charge in [-0.25, -0.2) is 4.79 Å². The molecule has 1 heterocycles. The summed E-state index contributed by atoms with van der Waals surface area (Å²) in [6, 6.07) is 18.2. The maximum absolute atomic E-state index is 12.0. The molecule has 0 radical (unpaired) electrons. The van der Waals surface area contributed by atoms with E-state index in [0.29, 0.717) is 0 Å². The van der Waals surface area contributed by atoms with Gasteiger partial charge in [0.15, 0.2) is 0 Å². The first-order chi connectivity index (χ1) is 12.3. The Morgan fingerprint density at radius 1 is 0.800 bits per heavy atom. The number of rotatable bonds is 4. The summed E-state index contributed by atoms with van der Waals surface area (Å²) in [6.07, 6.45) is 2.76. The van der Waals surface area contributed by atoms with Crippen molar-refractivity contribution in [3.05, 3.63) is 54.6 Å². The lowest BCUT2D eigenvalue weighted by molar-refractivity contribution is 0.248. The minimum atomic E-state index is -0.225. The van der Waals surface area contributed by atoms with Crippen molar-refractivity contribution in [2.24, 2.45) is 0 Å². The highest BCUT2D eigenvalue weighted by molar-refractivity contribution is 5.99. The van der Waals surface area contributed by atoms with Crippen LogP contribution >= 0.6 is 0 Å². The van der Waals surface area contributed by atoms with Gasteiger partial charge in [-0.3, -0.25) is 4.90 Å². The number of hydrogen-bond acceptors (Lipinski definition) is 3. The Morgan fingerprint density at radius 2 is 1.40 bits per heavy atom. The van der Waals surface area contributed by atoms with E-state index in [1.54, 1.807) is 0 Å². The number of carbonyl (C=O) groups is 1. The molecule has 0 bridgehead atoms. The summed E-state index contributed by atoms with van der Waals surface area (Å²) in [4.78, 5) is 17.1. The zero-order chi connectivity index (χ0) is 17.1. The average molecular weight is 336 g/mol. The van der Waals surface area contributed by atoms with Gasteiger partial charge in [-0.1, -0.05) is 18.2 Å². The minimum Gasteiger partial charge on any atom is -0.369 e. The van der Waals surface area contributed by atoms with Crippen molar-refractivity contribution in [2.45, 2.75) is 18.9 Å². The van der Waals surface area contributed by atoms with Crippen LogP contribution in [0.1, 0.15) is 12.8 Å². The van der Waals surface area contributed by atoms with E-state index >= 15 is 0 Å². The van der Waals surface area contributed by atoms with E-state index in [9.17, 15) is 4.79 Å². The van der Waals surface area contributed by atoms with E-state index < -0.39 is 0 Å². The maximum Gasteiger partial charge on any atom is 0.323 e. The lowest BCUT2D eigenvalue weighted by Gasteiger charge is -2.36. The van der Waals surface area contributed by atoms with Crippen LogP contribution in [-0.4, -0.2) is 43.2 Å². The molecule has 1 aliphatic carbocycles.